The first-order chi connectivity index (χ1) is 10.6. The van der Waals surface area contributed by atoms with Gasteiger partial charge < -0.3 is 15.3 Å². The van der Waals surface area contributed by atoms with Gasteiger partial charge in [0.2, 0.25) is 0 Å². The molecule has 2 rings (SSSR count). The van der Waals surface area contributed by atoms with Crippen molar-refractivity contribution in [3.05, 3.63) is 24.3 Å². The predicted molar refractivity (Wildman–Crippen MR) is 93.9 cm³/mol. The first-order valence-electron chi connectivity index (χ1n) is 8.91. The third-order valence-corrected chi connectivity index (χ3v) is 6.84. The molecule has 0 saturated heterocycles. The SMILES string of the molecule is C=C/C(C)=C/C[C@@H]1[C@@]2(C)CCCC(C)(CO)[C@@H]2C(O)C[C@@]1(C)O. The lowest BCUT2D eigenvalue weighted by Gasteiger charge is -2.63. The van der Waals surface area contributed by atoms with Gasteiger partial charge in [-0.25, -0.2) is 0 Å². The Bertz CT molecular complexity index is 481. The van der Waals surface area contributed by atoms with Crippen molar-refractivity contribution >= 4 is 0 Å². The van der Waals surface area contributed by atoms with Gasteiger partial charge in [0, 0.05) is 13.0 Å². The van der Waals surface area contributed by atoms with Gasteiger partial charge in [-0.3, -0.25) is 0 Å². The second kappa shape index (κ2) is 6.34. The summed E-state index contributed by atoms with van der Waals surface area (Å²) in [5.74, 6) is 0.0980. The molecule has 2 aliphatic carbocycles. The molecule has 2 fully saturated rings. The van der Waals surface area contributed by atoms with Gasteiger partial charge in [-0.05, 0) is 55.8 Å². The van der Waals surface area contributed by atoms with E-state index in [1.807, 2.05) is 19.9 Å². The summed E-state index contributed by atoms with van der Waals surface area (Å²) in [6, 6.07) is 0. The van der Waals surface area contributed by atoms with Gasteiger partial charge in [0.05, 0.1) is 11.7 Å². The Kier molecular flexibility index (Phi) is 5.16. The average Bonchev–Trinajstić information content (AvgIpc) is 2.44. The maximum atomic E-state index is 11.1. The van der Waals surface area contributed by atoms with Crippen LogP contribution < -0.4 is 0 Å². The largest absolute Gasteiger partial charge is 0.396 e. The number of hydrogen-bond donors (Lipinski definition) is 3. The Morgan fingerprint density at radius 3 is 2.48 bits per heavy atom. The van der Waals surface area contributed by atoms with Gasteiger partial charge in [-0.2, -0.15) is 0 Å². The molecule has 2 saturated carbocycles. The zero-order valence-electron chi connectivity index (χ0n) is 15.2. The molecule has 0 aromatic carbocycles. The molecule has 0 bridgehead atoms. The molecule has 6 atom stereocenters. The molecule has 3 nitrogen and oxygen atoms in total. The van der Waals surface area contributed by atoms with Crippen LogP contribution in [0.4, 0.5) is 0 Å². The molecule has 0 aliphatic heterocycles. The van der Waals surface area contributed by atoms with E-state index in [2.05, 4.69) is 26.5 Å². The highest BCUT2D eigenvalue weighted by molar-refractivity contribution is 5.17. The molecule has 23 heavy (non-hydrogen) atoms. The van der Waals surface area contributed by atoms with Crippen LogP contribution in [-0.2, 0) is 0 Å². The zero-order valence-corrected chi connectivity index (χ0v) is 15.2. The van der Waals surface area contributed by atoms with E-state index in [1.165, 1.54) is 0 Å². The molecule has 132 valence electrons. The van der Waals surface area contributed by atoms with Gasteiger partial charge in [-0.15, -0.1) is 0 Å². The fourth-order valence-corrected chi connectivity index (χ4v) is 5.76. The summed E-state index contributed by atoms with van der Waals surface area (Å²) >= 11 is 0. The minimum absolute atomic E-state index is 0.0245. The van der Waals surface area contributed by atoms with E-state index in [0.717, 1.165) is 31.3 Å². The van der Waals surface area contributed by atoms with Crippen molar-refractivity contribution in [3.8, 4) is 0 Å². The monoisotopic (exact) mass is 322 g/mol. The molecule has 3 heteroatoms. The summed E-state index contributed by atoms with van der Waals surface area (Å²) in [6.07, 6.45) is 7.56. The van der Waals surface area contributed by atoms with Gasteiger partial charge in [0.15, 0.2) is 0 Å². The summed E-state index contributed by atoms with van der Waals surface area (Å²) in [4.78, 5) is 0. The summed E-state index contributed by atoms with van der Waals surface area (Å²) < 4.78 is 0. The molecule has 2 unspecified atom stereocenters. The second-order valence-electron chi connectivity index (χ2n) is 8.72. The maximum Gasteiger partial charge on any atom is 0.0680 e. The lowest BCUT2D eigenvalue weighted by molar-refractivity contribution is -0.221. The third-order valence-electron chi connectivity index (χ3n) is 6.84. The molecule has 0 aromatic rings. The molecule has 0 spiro atoms. The molecule has 0 radical (unpaired) electrons. The van der Waals surface area contributed by atoms with Crippen molar-refractivity contribution in [2.75, 3.05) is 6.61 Å². The first kappa shape index (κ1) is 18.7. The summed E-state index contributed by atoms with van der Waals surface area (Å²) in [6.45, 7) is 12.1. The summed E-state index contributed by atoms with van der Waals surface area (Å²) in [7, 11) is 0. The summed E-state index contributed by atoms with van der Waals surface area (Å²) in [5, 5.41) is 31.9. The Morgan fingerprint density at radius 2 is 1.91 bits per heavy atom. The predicted octanol–water partition coefficient (Wildman–Crippen LogP) is 3.45. The van der Waals surface area contributed by atoms with Gasteiger partial charge in [0.25, 0.3) is 0 Å². The Morgan fingerprint density at radius 1 is 1.26 bits per heavy atom. The van der Waals surface area contributed by atoms with Gasteiger partial charge in [0.1, 0.15) is 0 Å². The van der Waals surface area contributed by atoms with Crippen LogP contribution in [0.2, 0.25) is 0 Å². The lowest BCUT2D eigenvalue weighted by atomic mass is 9.44. The average molecular weight is 322 g/mol. The van der Waals surface area contributed by atoms with Crippen LogP contribution in [0.1, 0.15) is 59.8 Å². The first-order valence-corrected chi connectivity index (χ1v) is 8.91. The molecule has 0 aromatic heterocycles. The van der Waals surface area contributed by atoms with E-state index in [0.29, 0.717) is 6.42 Å². The van der Waals surface area contributed by atoms with E-state index >= 15 is 0 Å². The van der Waals surface area contributed by atoms with E-state index in [-0.39, 0.29) is 29.3 Å². The van der Waals surface area contributed by atoms with Gasteiger partial charge in [-0.1, -0.05) is 44.6 Å². The highest BCUT2D eigenvalue weighted by Gasteiger charge is 2.61. The molecule has 0 heterocycles. The number of aliphatic hydroxyl groups excluding tert-OH is 2. The van der Waals surface area contributed by atoms with E-state index < -0.39 is 11.7 Å². The molecule has 2 aliphatic rings. The van der Waals surface area contributed by atoms with E-state index in [4.69, 9.17) is 0 Å². The highest BCUT2D eigenvalue weighted by atomic mass is 16.3. The minimum atomic E-state index is -0.893. The van der Waals surface area contributed by atoms with Crippen LogP contribution in [0.15, 0.2) is 24.3 Å². The lowest BCUT2D eigenvalue weighted by Crippen LogP contribution is -2.63. The smallest absolute Gasteiger partial charge is 0.0680 e. The number of allylic oxidation sites excluding steroid dienone is 3. The molecule has 0 amide bonds. The Hall–Kier alpha value is -0.640. The van der Waals surface area contributed by atoms with Crippen LogP contribution in [0.25, 0.3) is 0 Å². The zero-order chi connectivity index (χ0) is 17.5. The minimum Gasteiger partial charge on any atom is -0.396 e. The Balaban J connectivity index is 2.44. The Labute approximate surface area is 141 Å². The number of rotatable bonds is 4. The quantitative estimate of drug-likeness (QED) is 0.695. The second-order valence-corrected chi connectivity index (χ2v) is 8.72. The van der Waals surface area contributed by atoms with Crippen LogP contribution in [0.3, 0.4) is 0 Å². The fraction of sp³-hybridized carbons (Fsp3) is 0.800. The van der Waals surface area contributed by atoms with Crippen LogP contribution in [-0.4, -0.2) is 33.6 Å². The molecule has 3 N–H and O–H groups in total. The summed E-state index contributed by atoms with van der Waals surface area (Å²) in [5.41, 5.74) is -0.211. The molecular weight excluding hydrogens is 288 g/mol. The van der Waals surface area contributed by atoms with Crippen molar-refractivity contribution < 1.29 is 15.3 Å². The van der Waals surface area contributed by atoms with E-state index in [9.17, 15) is 15.3 Å². The fourth-order valence-electron chi connectivity index (χ4n) is 5.76. The standard InChI is InChI=1S/C20H34O3/c1-6-14(2)8-9-16-19(4)11-7-10-18(3,13-21)17(19)15(22)12-20(16,5)23/h6,8,15-17,21-23H,1,7,9-13H2,2-5H3/b14-8+/t15?,16-,17+,18?,19-,20-/m1/s1. The third kappa shape index (κ3) is 3.16. The van der Waals surface area contributed by atoms with Crippen molar-refractivity contribution in [2.45, 2.75) is 71.5 Å². The van der Waals surface area contributed by atoms with Crippen molar-refractivity contribution in [1.82, 2.24) is 0 Å². The number of aliphatic hydroxyl groups is 3. The van der Waals surface area contributed by atoms with E-state index in [1.54, 1.807) is 0 Å². The van der Waals surface area contributed by atoms with Gasteiger partial charge >= 0.3 is 0 Å². The van der Waals surface area contributed by atoms with Crippen LogP contribution in [0.5, 0.6) is 0 Å². The topological polar surface area (TPSA) is 60.7 Å². The number of hydrogen-bond acceptors (Lipinski definition) is 3. The maximum absolute atomic E-state index is 11.1. The van der Waals surface area contributed by atoms with Crippen molar-refractivity contribution in [2.24, 2.45) is 22.7 Å². The molecular formula is C20H34O3. The highest BCUT2D eigenvalue weighted by Crippen LogP contribution is 2.62. The van der Waals surface area contributed by atoms with Crippen LogP contribution in [0, 0.1) is 22.7 Å². The number of fused-ring (bicyclic) bond motifs is 1. The van der Waals surface area contributed by atoms with Crippen molar-refractivity contribution in [3.63, 3.8) is 0 Å². The van der Waals surface area contributed by atoms with Crippen molar-refractivity contribution in [1.29, 1.82) is 0 Å². The normalized spacial score (nSPS) is 48.0. The van der Waals surface area contributed by atoms with Crippen LogP contribution >= 0.6 is 0 Å².